The van der Waals surface area contributed by atoms with E-state index in [-0.39, 0.29) is 27.3 Å². The summed E-state index contributed by atoms with van der Waals surface area (Å²) in [5.74, 6) is -0.307. The topological polar surface area (TPSA) is 100 Å². The summed E-state index contributed by atoms with van der Waals surface area (Å²) in [6.45, 7) is 0.355. The van der Waals surface area contributed by atoms with Crippen LogP contribution in [0, 0.1) is 5.82 Å². The molecule has 0 saturated heterocycles. The van der Waals surface area contributed by atoms with Gasteiger partial charge in [0, 0.05) is 23.7 Å². The van der Waals surface area contributed by atoms with Crippen LogP contribution in [0.4, 0.5) is 21.6 Å². The van der Waals surface area contributed by atoms with E-state index in [0.29, 0.717) is 34.4 Å². The van der Waals surface area contributed by atoms with Crippen molar-refractivity contribution in [1.82, 2.24) is 19.9 Å². The number of fused-ring (bicyclic) bond motifs is 1. The standard InChI is InChI=1S/C23H21Cl2FN6O2S/c1-32(2)8-9-35(33,34)31-20-11-15(12-27-22(20)25)14-6-7-18-16(10-14)23(29-13-28-18)30-19-5-3-4-17(24)21(19)26/h3-7,10-13,31H,8-9H2,1-2H3,(H,28,29,30). The van der Waals surface area contributed by atoms with Crippen LogP contribution in [0.15, 0.2) is 55.0 Å². The van der Waals surface area contributed by atoms with Gasteiger partial charge in [-0.2, -0.15) is 0 Å². The maximum atomic E-state index is 14.4. The zero-order valence-electron chi connectivity index (χ0n) is 18.8. The first-order valence-electron chi connectivity index (χ1n) is 10.4. The first-order chi connectivity index (χ1) is 16.6. The van der Waals surface area contributed by atoms with Gasteiger partial charge in [-0.25, -0.2) is 27.8 Å². The molecule has 0 fully saturated rings. The fourth-order valence-corrected chi connectivity index (χ4v) is 4.84. The van der Waals surface area contributed by atoms with Crippen LogP contribution < -0.4 is 10.0 Å². The number of pyridine rings is 1. The molecule has 182 valence electrons. The van der Waals surface area contributed by atoms with Gasteiger partial charge in [0.25, 0.3) is 0 Å². The second-order valence-electron chi connectivity index (χ2n) is 7.97. The lowest BCUT2D eigenvalue weighted by Gasteiger charge is -2.14. The van der Waals surface area contributed by atoms with Gasteiger partial charge in [-0.05, 0) is 50.0 Å². The Bertz CT molecular complexity index is 1500. The van der Waals surface area contributed by atoms with E-state index in [4.69, 9.17) is 23.2 Å². The number of hydrogen-bond donors (Lipinski definition) is 2. The monoisotopic (exact) mass is 534 g/mol. The summed E-state index contributed by atoms with van der Waals surface area (Å²) in [5, 5.41) is 3.60. The Kier molecular flexibility index (Phi) is 7.36. The van der Waals surface area contributed by atoms with Crippen LogP contribution in [0.3, 0.4) is 0 Å². The average Bonchev–Trinajstić information content (AvgIpc) is 2.82. The second kappa shape index (κ2) is 10.3. The quantitative estimate of drug-likeness (QED) is 0.300. The van der Waals surface area contributed by atoms with E-state index in [0.717, 1.165) is 0 Å². The second-order valence-corrected chi connectivity index (χ2v) is 10.6. The molecule has 4 aromatic rings. The van der Waals surface area contributed by atoms with Crippen molar-refractivity contribution in [3.8, 4) is 11.1 Å². The molecule has 2 N–H and O–H groups in total. The van der Waals surface area contributed by atoms with Crippen LogP contribution in [0.2, 0.25) is 10.2 Å². The summed E-state index contributed by atoms with van der Waals surface area (Å²) in [7, 11) is -0.0478. The molecule has 0 aliphatic carbocycles. The van der Waals surface area contributed by atoms with E-state index in [2.05, 4.69) is 25.0 Å². The molecule has 0 spiro atoms. The molecule has 0 aliphatic rings. The van der Waals surface area contributed by atoms with E-state index < -0.39 is 15.8 Å². The van der Waals surface area contributed by atoms with Gasteiger partial charge < -0.3 is 10.2 Å². The predicted molar refractivity (Wildman–Crippen MR) is 138 cm³/mol. The minimum Gasteiger partial charge on any atom is -0.337 e. The number of benzene rings is 2. The Morgan fingerprint density at radius 3 is 2.57 bits per heavy atom. The number of aromatic nitrogens is 3. The van der Waals surface area contributed by atoms with Gasteiger partial charge in [0.2, 0.25) is 10.0 Å². The summed E-state index contributed by atoms with van der Waals surface area (Å²) in [5.41, 5.74) is 2.29. The van der Waals surface area contributed by atoms with Crippen molar-refractivity contribution in [3.63, 3.8) is 0 Å². The highest BCUT2D eigenvalue weighted by molar-refractivity contribution is 7.92. The number of hydrogen-bond acceptors (Lipinski definition) is 7. The zero-order chi connectivity index (χ0) is 25.2. The highest BCUT2D eigenvalue weighted by Crippen LogP contribution is 2.32. The van der Waals surface area contributed by atoms with Crippen LogP contribution in [0.1, 0.15) is 0 Å². The van der Waals surface area contributed by atoms with Crippen LogP contribution in [0.25, 0.3) is 22.0 Å². The number of rotatable bonds is 8. The van der Waals surface area contributed by atoms with Crippen molar-refractivity contribution in [2.45, 2.75) is 0 Å². The lowest BCUT2D eigenvalue weighted by atomic mass is 10.0. The minimum absolute atomic E-state index is 0.0122. The third kappa shape index (κ3) is 5.96. The molecule has 0 aliphatic heterocycles. The molecule has 8 nitrogen and oxygen atoms in total. The Hall–Kier alpha value is -3.05. The van der Waals surface area contributed by atoms with Crippen molar-refractivity contribution in [1.29, 1.82) is 0 Å². The molecular weight excluding hydrogens is 514 g/mol. The lowest BCUT2D eigenvalue weighted by molar-refractivity contribution is 0.432. The molecule has 0 unspecified atom stereocenters. The predicted octanol–water partition coefficient (Wildman–Crippen LogP) is 5.18. The Balaban J connectivity index is 1.69. The summed E-state index contributed by atoms with van der Waals surface area (Å²) in [4.78, 5) is 14.4. The molecule has 2 aromatic heterocycles. The van der Waals surface area contributed by atoms with Crippen LogP contribution >= 0.6 is 23.2 Å². The normalized spacial score (nSPS) is 11.7. The van der Waals surface area contributed by atoms with Gasteiger partial charge in [-0.1, -0.05) is 35.3 Å². The molecule has 0 saturated carbocycles. The van der Waals surface area contributed by atoms with Crippen molar-refractivity contribution in [2.24, 2.45) is 0 Å². The van der Waals surface area contributed by atoms with E-state index in [1.807, 2.05) is 6.07 Å². The van der Waals surface area contributed by atoms with Gasteiger partial charge >= 0.3 is 0 Å². The number of anilines is 3. The molecule has 12 heteroatoms. The maximum absolute atomic E-state index is 14.4. The third-order valence-corrected chi connectivity index (χ3v) is 6.93. The van der Waals surface area contributed by atoms with Crippen molar-refractivity contribution in [3.05, 3.63) is 71.0 Å². The Morgan fingerprint density at radius 1 is 1.00 bits per heavy atom. The van der Waals surface area contributed by atoms with Crippen LogP contribution in [-0.2, 0) is 10.0 Å². The number of sulfonamides is 1. The third-order valence-electron chi connectivity index (χ3n) is 5.09. The minimum atomic E-state index is -3.63. The lowest BCUT2D eigenvalue weighted by Crippen LogP contribution is -2.26. The molecule has 2 aromatic carbocycles. The first-order valence-corrected chi connectivity index (χ1v) is 12.8. The molecule has 0 amide bonds. The number of halogens is 3. The average molecular weight is 535 g/mol. The van der Waals surface area contributed by atoms with Crippen molar-refractivity contribution in [2.75, 3.05) is 36.4 Å². The largest absolute Gasteiger partial charge is 0.337 e. The molecule has 0 bridgehead atoms. The Morgan fingerprint density at radius 2 is 1.80 bits per heavy atom. The fourth-order valence-electron chi connectivity index (χ4n) is 3.26. The van der Waals surface area contributed by atoms with Crippen molar-refractivity contribution >= 4 is 61.3 Å². The SMILES string of the molecule is CN(C)CCS(=O)(=O)Nc1cc(-c2ccc3ncnc(Nc4cccc(Cl)c4F)c3c2)cnc1Cl. The number of nitrogens with one attached hydrogen (secondary N) is 2. The Labute approximate surface area is 212 Å². The van der Waals surface area contributed by atoms with Gasteiger partial charge in [-0.15, -0.1) is 0 Å². The summed E-state index contributed by atoms with van der Waals surface area (Å²) in [6.07, 6.45) is 2.91. The molecule has 0 atom stereocenters. The van der Waals surface area contributed by atoms with Gasteiger partial charge in [0.05, 0.1) is 27.7 Å². The maximum Gasteiger partial charge on any atom is 0.234 e. The molecule has 4 rings (SSSR count). The molecular formula is C23H21Cl2FN6O2S. The van der Waals surface area contributed by atoms with Crippen LogP contribution in [-0.4, -0.2) is 54.7 Å². The van der Waals surface area contributed by atoms with Crippen LogP contribution in [0.5, 0.6) is 0 Å². The molecule has 0 radical (unpaired) electrons. The first kappa shape index (κ1) is 25.1. The summed E-state index contributed by atoms with van der Waals surface area (Å²) < 4.78 is 41.9. The van der Waals surface area contributed by atoms with E-state index in [1.165, 1.54) is 18.6 Å². The van der Waals surface area contributed by atoms with E-state index in [1.54, 1.807) is 49.3 Å². The van der Waals surface area contributed by atoms with Crippen molar-refractivity contribution < 1.29 is 12.8 Å². The fraction of sp³-hybridized carbons (Fsp3) is 0.174. The summed E-state index contributed by atoms with van der Waals surface area (Å²) >= 11 is 12.1. The number of nitrogens with zero attached hydrogens (tertiary/aromatic N) is 4. The molecule has 35 heavy (non-hydrogen) atoms. The van der Waals surface area contributed by atoms with Gasteiger partial charge in [0.1, 0.15) is 12.1 Å². The highest BCUT2D eigenvalue weighted by atomic mass is 35.5. The smallest absolute Gasteiger partial charge is 0.234 e. The van der Waals surface area contributed by atoms with Gasteiger partial charge in [0.15, 0.2) is 11.0 Å². The van der Waals surface area contributed by atoms with E-state index >= 15 is 0 Å². The highest BCUT2D eigenvalue weighted by Gasteiger charge is 2.16. The molecule has 2 heterocycles. The zero-order valence-corrected chi connectivity index (χ0v) is 21.1. The van der Waals surface area contributed by atoms with Gasteiger partial charge in [-0.3, -0.25) is 4.72 Å². The summed E-state index contributed by atoms with van der Waals surface area (Å²) in [6, 6.07) is 11.6. The van der Waals surface area contributed by atoms with E-state index in [9.17, 15) is 12.8 Å².